The lowest BCUT2D eigenvalue weighted by Crippen LogP contribution is -2.02. The van der Waals surface area contributed by atoms with E-state index in [1.54, 1.807) is 31.4 Å². The first kappa shape index (κ1) is 16.3. The molecule has 0 saturated carbocycles. The van der Waals surface area contributed by atoms with E-state index in [0.29, 0.717) is 18.9 Å². The first-order valence-corrected chi connectivity index (χ1v) is 6.82. The highest BCUT2D eigenvalue weighted by molar-refractivity contribution is 5.84. The fourth-order valence-corrected chi connectivity index (χ4v) is 1.80. The molecule has 0 N–H and O–H groups in total. The van der Waals surface area contributed by atoms with Gasteiger partial charge in [0.2, 0.25) is 0 Å². The number of hydrogen-bond donors (Lipinski definition) is 0. The van der Waals surface area contributed by atoms with Crippen molar-refractivity contribution in [1.29, 1.82) is 0 Å². The Morgan fingerprint density at radius 1 is 1.17 bits per heavy atom. The van der Waals surface area contributed by atoms with Crippen molar-refractivity contribution >= 4 is 11.9 Å². The van der Waals surface area contributed by atoms with Gasteiger partial charge in [-0.2, -0.15) is 0 Å². The van der Waals surface area contributed by atoms with E-state index in [1.165, 1.54) is 18.3 Å². The summed E-state index contributed by atoms with van der Waals surface area (Å²) in [7, 11) is 1.59. The van der Waals surface area contributed by atoms with E-state index in [2.05, 4.69) is 4.99 Å². The number of rotatable bonds is 7. The second kappa shape index (κ2) is 7.79. The van der Waals surface area contributed by atoms with Crippen molar-refractivity contribution in [3.8, 4) is 17.2 Å². The van der Waals surface area contributed by atoms with Crippen LogP contribution >= 0.6 is 0 Å². The van der Waals surface area contributed by atoms with Crippen molar-refractivity contribution < 1.29 is 19.5 Å². The molecule has 0 saturated heterocycles. The van der Waals surface area contributed by atoms with E-state index in [1.807, 2.05) is 0 Å². The molecule has 2 aromatic carbocycles. The van der Waals surface area contributed by atoms with E-state index in [9.17, 15) is 15.2 Å². The zero-order valence-electron chi connectivity index (χ0n) is 12.5. The van der Waals surface area contributed by atoms with Crippen molar-refractivity contribution in [3.63, 3.8) is 0 Å². The fourth-order valence-electron chi connectivity index (χ4n) is 1.80. The number of benzene rings is 2. The minimum atomic E-state index is -0.552. The van der Waals surface area contributed by atoms with E-state index in [0.717, 1.165) is 11.8 Å². The molecule has 0 unspecified atom stereocenters. The largest absolute Gasteiger partial charge is 0.872 e. The number of hydrogen-bond acceptors (Lipinski definition) is 6. The molecule has 0 heterocycles. The Hall–Kier alpha value is -3.09. The van der Waals surface area contributed by atoms with Gasteiger partial charge in [-0.15, -0.1) is 0 Å². The van der Waals surface area contributed by atoms with Crippen molar-refractivity contribution in [3.05, 3.63) is 58.1 Å². The van der Waals surface area contributed by atoms with Crippen LogP contribution < -0.4 is 14.6 Å². The lowest BCUT2D eigenvalue weighted by Gasteiger charge is -2.08. The van der Waals surface area contributed by atoms with Crippen LogP contribution in [-0.4, -0.2) is 31.4 Å². The van der Waals surface area contributed by atoms with Crippen LogP contribution in [0.4, 0.5) is 5.69 Å². The van der Waals surface area contributed by atoms with E-state index >= 15 is 0 Å². The Bertz CT molecular complexity index is 698. The van der Waals surface area contributed by atoms with Crippen LogP contribution in [0.1, 0.15) is 5.56 Å². The van der Waals surface area contributed by atoms with Gasteiger partial charge in [-0.3, -0.25) is 15.1 Å². The predicted octanol–water partition coefficient (Wildman–Crippen LogP) is 2.17. The van der Waals surface area contributed by atoms with Gasteiger partial charge in [0.05, 0.1) is 18.6 Å². The SMILES string of the molecule is COc1ccc(OCCN=Cc2cc([N+](=O)[O-])ccc2[O-])cc1. The molecule has 0 fully saturated rings. The summed E-state index contributed by atoms with van der Waals surface area (Å²) in [6, 6.07) is 10.7. The zero-order chi connectivity index (χ0) is 16.7. The molecule has 0 aliphatic rings. The normalized spacial score (nSPS) is 10.7. The quantitative estimate of drug-likeness (QED) is 0.337. The standard InChI is InChI=1S/C16H16N2O5/c1-22-14-3-5-15(6-4-14)23-9-8-17-11-12-10-13(18(20)21)2-7-16(12)19/h2-7,10-11,19H,8-9H2,1H3/p-1. The van der Waals surface area contributed by atoms with Gasteiger partial charge in [0.25, 0.3) is 5.69 Å². The molecule has 2 rings (SSSR count). The van der Waals surface area contributed by atoms with Crippen LogP contribution in [0.3, 0.4) is 0 Å². The minimum Gasteiger partial charge on any atom is -0.872 e. The molecule has 7 heteroatoms. The number of nitro benzene ring substituents is 1. The highest BCUT2D eigenvalue weighted by Gasteiger charge is 2.05. The van der Waals surface area contributed by atoms with Gasteiger partial charge in [-0.25, -0.2) is 0 Å². The van der Waals surface area contributed by atoms with E-state index in [4.69, 9.17) is 9.47 Å². The molecule has 0 amide bonds. The second-order valence-corrected chi connectivity index (χ2v) is 4.54. The molecule has 23 heavy (non-hydrogen) atoms. The summed E-state index contributed by atoms with van der Waals surface area (Å²) in [5, 5.41) is 22.3. The second-order valence-electron chi connectivity index (χ2n) is 4.54. The number of nitro groups is 1. The Morgan fingerprint density at radius 3 is 2.52 bits per heavy atom. The molecule has 0 bridgehead atoms. The summed E-state index contributed by atoms with van der Waals surface area (Å²) in [5.41, 5.74) is 0.0455. The highest BCUT2D eigenvalue weighted by atomic mass is 16.6. The molecule has 0 spiro atoms. The van der Waals surface area contributed by atoms with Gasteiger partial charge < -0.3 is 14.6 Å². The van der Waals surface area contributed by atoms with Gasteiger partial charge in [-0.1, -0.05) is 11.8 Å². The molecule has 120 valence electrons. The Labute approximate surface area is 133 Å². The lowest BCUT2D eigenvalue weighted by atomic mass is 10.2. The van der Waals surface area contributed by atoms with Crippen molar-refractivity contribution in [2.24, 2.45) is 4.99 Å². The molecular formula is C16H15N2O5-. The number of ether oxygens (including phenoxy) is 2. The minimum absolute atomic E-state index is 0.138. The van der Waals surface area contributed by atoms with Crippen LogP contribution in [0.5, 0.6) is 17.2 Å². The Kier molecular flexibility index (Phi) is 5.51. The number of methoxy groups -OCH3 is 1. The topological polar surface area (TPSA) is 97.0 Å². The smallest absolute Gasteiger partial charge is 0.270 e. The lowest BCUT2D eigenvalue weighted by molar-refractivity contribution is -0.385. The number of non-ortho nitro benzene ring substituents is 1. The van der Waals surface area contributed by atoms with Crippen LogP contribution in [0, 0.1) is 10.1 Å². The fraction of sp³-hybridized carbons (Fsp3) is 0.188. The molecule has 2 aromatic rings. The summed E-state index contributed by atoms with van der Waals surface area (Å²) in [5.74, 6) is 1.11. The highest BCUT2D eigenvalue weighted by Crippen LogP contribution is 2.19. The maximum atomic E-state index is 11.6. The monoisotopic (exact) mass is 315 g/mol. The third-order valence-electron chi connectivity index (χ3n) is 2.98. The van der Waals surface area contributed by atoms with Gasteiger partial charge >= 0.3 is 0 Å². The maximum absolute atomic E-state index is 11.6. The van der Waals surface area contributed by atoms with E-state index < -0.39 is 4.92 Å². The summed E-state index contributed by atoms with van der Waals surface area (Å²) in [4.78, 5) is 14.2. The Balaban J connectivity index is 1.87. The maximum Gasteiger partial charge on any atom is 0.270 e. The van der Waals surface area contributed by atoms with Crippen molar-refractivity contribution in [1.82, 2.24) is 0 Å². The number of nitrogens with zero attached hydrogens (tertiary/aromatic N) is 2. The third-order valence-corrected chi connectivity index (χ3v) is 2.98. The van der Waals surface area contributed by atoms with Gasteiger partial charge in [0, 0.05) is 18.3 Å². The van der Waals surface area contributed by atoms with Gasteiger partial charge in [0.15, 0.2) is 0 Å². The zero-order valence-corrected chi connectivity index (χ0v) is 12.5. The van der Waals surface area contributed by atoms with Crippen LogP contribution in [0.2, 0.25) is 0 Å². The average molecular weight is 315 g/mol. The van der Waals surface area contributed by atoms with Crippen LogP contribution in [0.25, 0.3) is 0 Å². The van der Waals surface area contributed by atoms with Crippen LogP contribution in [-0.2, 0) is 0 Å². The van der Waals surface area contributed by atoms with Crippen molar-refractivity contribution in [2.75, 3.05) is 20.3 Å². The first-order valence-electron chi connectivity index (χ1n) is 6.82. The van der Waals surface area contributed by atoms with Crippen LogP contribution in [0.15, 0.2) is 47.5 Å². The molecule has 0 aliphatic heterocycles. The number of aliphatic imine (C=N–C) groups is 1. The summed E-state index contributed by atoms with van der Waals surface area (Å²) >= 11 is 0. The summed E-state index contributed by atoms with van der Waals surface area (Å²) in [6.07, 6.45) is 1.33. The molecule has 7 nitrogen and oxygen atoms in total. The van der Waals surface area contributed by atoms with Crippen molar-refractivity contribution in [2.45, 2.75) is 0 Å². The third kappa shape index (κ3) is 4.70. The van der Waals surface area contributed by atoms with E-state index in [-0.39, 0.29) is 17.0 Å². The van der Waals surface area contributed by atoms with Gasteiger partial charge in [0.1, 0.15) is 18.1 Å². The van der Waals surface area contributed by atoms with Gasteiger partial charge in [-0.05, 0) is 29.8 Å². The first-order chi connectivity index (χ1) is 11.1. The predicted molar refractivity (Wildman–Crippen MR) is 83.5 cm³/mol. The molecule has 0 aliphatic carbocycles. The average Bonchev–Trinajstić information content (AvgIpc) is 2.56. The Morgan fingerprint density at radius 2 is 1.87 bits per heavy atom. The summed E-state index contributed by atoms with van der Waals surface area (Å²) in [6.45, 7) is 0.653. The molecular weight excluding hydrogens is 300 g/mol. The summed E-state index contributed by atoms with van der Waals surface area (Å²) < 4.78 is 10.5. The molecule has 0 radical (unpaired) electrons. The molecule has 0 aromatic heterocycles. The molecule has 0 atom stereocenters.